The number of urea groups is 1. The molecular weight excluding hydrogens is 390 g/mol. The second kappa shape index (κ2) is 11.3. The number of hydrogen-bond acceptors (Lipinski definition) is 4. The van der Waals surface area contributed by atoms with Gasteiger partial charge in [0, 0.05) is 13.1 Å². The molecule has 4 N–H and O–H groups in total. The molecule has 0 fully saturated rings. The molecule has 2 amide bonds. The van der Waals surface area contributed by atoms with E-state index in [4.69, 9.17) is 5.73 Å². The minimum Gasteiger partial charge on any atom is -0.334 e. The average molecular weight is 422 g/mol. The second-order valence-electron chi connectivity index (χ2n) is 7.68. The van der Waals surface area contributed by atoms with Gasteiger partial charge in [-0.15, -0.1) is 0 Å². The molecule has 0 saturated carbocycles. The summed E-state index contributed by atoms with van der Waals surface area (Å²) in [7, 11) is 0. The Morgan fingerprint density at radius 2 is 1.77 bits per heavy atom. The van der Waals surface area contributed by atoms with Crippen molar-refractivity contribution in [1.82, 2.24) is 20.2 Å². The minimum atomic E-state index is -0.373. The molecule has 0 spiro atoms. The van der Waals surface area contributed by atoms with Gasteiger partial charge in [-0.3, -0.25) is 4.79 Å². The second-order valence-corrected chi connectivity index (χ2v) is 7.68. The van der Waals surface area contributed by atoms with E-state index in [2.05, 4.69) is 15.3 Å². The fourth-order valence-corrected chi connectivity index (χ4v) is 3.58. The van der Waals surface area contributed by atoms with Gasteiger partial charge >= 0.3 is 6.03 Å². The maximum absolute atomic E-state index is 13.1. The lowest BCUT2D eigenvalue weighted by Crippen LogP contribution is -2.42. The normalized spacial score (nSPS) is 11.9. The van der Waals surface area contributed by atoms with Crippen LogP contribution >= 0.6 is 0 Å². The minimum absolute atomic E-state index is 0.175. The van der Waals surface area contributed by atoms with E-state index in [0.717, 1.165) is 31.2 Å². The predicted octanol–water partition coefficient (Wildman–Crippen LogP) is 3.72. The Bertz CT molecular complexity index is 1030. The lowest BCUT2D eigenvalue weighted by atomic mass is 10.1. The summed E-state index contributed by atoms with van der Waals surface area (Å²) in [6.07, 6.45) is 3.87. The number of nitrogens with one attached hydrogen (secondary N) is 2. The Balaban J connectivity index is 1.77. The first kappa shape index (κ1) is 22.5. The highest BCUT2D eigenvalue weighted by Gasteiger charge is 2.23. The summed E-state index contributed by atoms with van der Waals surface area (Å²) in [4.78, 5) is 34.8. The number of unbranched alkanes of at least 4 members (excludes halogenated alkanes) is 3. The van der Waals surface area contributed by atoms with Crippen molar-refractivity contribution in [2.75, 3.05) is 13.1 Å². The molecule has 0 bridgehead atoms. The molecule has 0 aliphatic carbocycles. The Hall–Kier alpha value is -3.19. The van der Waals surface area contributed by atoms with Crippen molar-refractivity contribution in [3.8, 4) is 0 Å². The molecule has 2 aromatic carbocycles. The molecule has 1 heterocycles. The zero-order valence-electron chi connectivity index (χ0n) is 18.0. The van der Waals surface area contributed by atoms with E-state index in [1.165, 1.54) is 0 Å². The SMILES string of the molecule is CC(c1nc2ccccc2c(=O)[nH]1)N(CCCCCCN)C(=O)NCc1ccccc1. The number of aromatic nitrogens is 2. The molecule has 0 aliphatic rings. The third-order valence-electron chi connectivity index (χ3n) is 5.39. The molecule has 1 unspecified atom stereocenters. The molecule has 1 aromatic heterocycles. The Labute approximate surface area is 182 Å². The van der Waals surface area contributed by atoms with Gasteiger partial charge in [-0.1, -0.05) is 55.3 Å². The van der Waals surface area contributed by atoms with E-state index in [1.54, 1.807) is 11.0 Å². The van der Waals surface area contributed by atoms with E-state index in [-0.39, 0.29) is 17.6 Å². The van der Waals surface area contributed by atoms with E-state index < -0.39 is 0 Å². The monoisotopic (exact) mass is 421 g/mol. The van der Waals surface area contributed by atoms with Crippen LogP contribution in [0.2, 0.25) is 0 Å². The number of rotatable bonds is 10. The number of para-hydroxylation sites is 1. The Morgan fingerprint density at radius 3 is 2.55 bits per heavy atom. The average Bonchev–Trinajstić information content (AvgIpc) is 2.80. The van der Waals surface area contributed by atoms with Crippen molar-refractivity contribution in [3.05, 3.63) is 76.3 Å². The molecule has 0 aliphatic heterocycles. The fraction of sp³-hybridized carbons (Fsp3) is 0.375. The van der Waals surface area contributed by atoms with Gasteiger partial charge < -0.3 is 20.9 Å². The lowest BCUT2D eigenvalue weighted by Gasteiger charge is -2.29. The Kier molecular flexibility index (Phi) is 8.18. The highest BCUT2D eigenvalue weighted by Crippen LogP contribution is 2.19. The molecule has 0 radical (unpaired) electrons. The van der Waals surface area contributed by atoms with Crippen LogP contribution in [0.5, 0.6) is 0 Å². The maximum atomic E-state index is 13.1. The highest BCUT2D eigenvalue weighted by atomic mass is 16.2. The summed E-state index contributed by atoms with van der Waals surface area (Å²) >= 11 is 0. The van der Waals surface area contributed by atoms with Crippen LogP contribution in [0.25, 0.3) is 10.9 Å². The van der Waals surface area contributed by atoms with Crippen molar-refractivity contribution in [2.24, 2.45) is 5.73 Å². The number of aromatic amines is 1. The molecule has 7 heteroatoms. The number of amides is 2. The van der Waals surface area contributed by atoms with Crippen molar-refractivity contribution >= 4 is 16.9 Å². The summed E-state index contributed by atoms with van der Waals surface area (Å²) in [5, 5.41) is 3.54. The molecule has 7 nitrogen and oxygen atoms in total. The van der Waals surface area contributed by atoms with Crippen molar-refractivity contribution in [1.29, 1.82) is 0 Å². The zero-order chi connectivity index (χ0) is 22.1. The number of hydrogen-bond donors (Lipinski definition) is 3. The molecule has 0 saturated heterocycles. The molecule has 1 atom stereocenters. The maximum Gasteiger partial charge on any atom is 0.318 e. The van der Waals surface area contributed by atoms with Crippen LogP contribution in [0.1, 0.15) is 50.0 Å². The number of fused-ring (bicyclic) bond motifs is 1. The van der Waals surface area contributed by atoms with Crippen LogP contribution in [0, 0.1) is 0 Å². The number of carbonyl (C=O) groups is 1. The van der Waals surface area contributed by atoms with Crippen molar-refractivity contribution in [3.63, 3.8) is 0 Å². The number of nitrogens with two attached hydrogens (primary N) is 1. The number of H-pyrrole nitrogens is 1. The van der Waals surface area contributed by atoms with Gasteiger partial charge in [0.15, 0.2) is 0 Å². The number of carbonyl (C=O) groups excluding carboxylic acids is 1. The fourth-order valence-electron chi connectivity index (χ4n) is 3.58. The van der Waals surface area contributed by atoms with Crippen molar-refractivity contribution in [2.45, 2.75) is 45.2 Å². The van der Waals surface area contributed by atoms with Crippen LogP contribution in [0.15, 0.2) is 59.4 Å². The quantitative estimate of drug-likeness (QED) is 0.434. The van der Waals surface area contributed by atoms with Gasteiger partial charge in [-0.25, -0.2) is 9.78 Å². The van der Waals surface area contributed by atoms with Gasteiger partial charge in [0.1, 0.15) is 5.82 Å². The van der Waals surface area contributed by atoms with Crippen LogP contribution in [-0.2, 0) is 6.54 Å². The van der Waals surface area contributed by atoms with E-state index in [0.29, 0.717) is 36.4 Å². The van der Waals surface area contributed by atoms with E-state index in [1.807, 2.05) is 55.5 Å². The Morgan fingerprint density at radius 1 is 1.06 bits per heavy atom. The summed E-state index contributed by atoms with van der Waals surface area (Å²) in [6, 6.07) is 16.5. The summed E-state index contributed by atoms with van der Waals surface area (Å²) in [5.41, 5.74) is 7.04. The largest absolute Gasteiger partial charge is 0.334 e. The zero-order valence-corrected chi connectivity index (χ0v) is 18.0. The molecule has 3 aromatic rings. The van der Waals surface area contributed by atoms with Gasteiger partial charge in [0.25, 0.3) is 5.56 Å². The standard InChI is InChI=1S/C24H31N5O2/c1-18(22-27-21-14-8-7-13-20(21)23(30)28-22)29(16-10-3-2-9-15-25)24(31)26-17-19-11-5-4-6-12-19/h4-8,11-14,18H,2-3,9-10,15-17,25H2,1H3,(H,26,31)(H,27,28,30). The lowest BCUT2D eigenvalue weighted by molar-refractivity contribution is 0.174. The summed E-state index contributed by atoms with van der Waals surface area (Å²) in [6.45, 7) is 3.59. The van der Waals surface area contributed by atoms with Crippen LogP contribution in [0.3, 0.4) is 0 Å². The van der Waals surface area contributed by atoms with Gasteiger partial charge in [-0.05, 0) is 44.0 Å². The van der Waals surface area contributed by atoms with Crippen LogP contribution in [-0.4, -0.2) is 34.0 Å². The number of nitrogens with zero attached hydrogens (tertiary/aromatic N) is 2. The topological polar surface area (TPSA) is 104 Å². The number of benzene rings is 2. The summed E-state index contributed by atoms with van der Waals surface area (Å²) in [5.74, 6) is 0.487. The van der Waals surface area contributed by atoms with Crippen LogP contribution < -0.4 is 16.6 Å². The van der Waals surface area contributed by atoms with Crippen LogP contribution in [0.4, 0.5) is 4.79 Å². The van der Waals surface area contributed by atoms with Gasteiger partial charge in [-0.2, -0.15) is 0 Å². The smallest absolute Gasteiger partial charge is 0.318 e. The van der Waals surface area contributed by atoms with Crippen molar-refractivity contribution < 1.29 is 4.79 Å². The van der Waals surface area contributed by atoms with E-state index >= 15 is 0 Å². The van der Waals surface area contributed by atoms with Gasteiger partial charge in [0.05, 0.1) is 16.9 Å². The third-order valence-corrected chi connectivity index (χ3v) is 5.39. The first-order valence-corrected chi connectivity index (χ1v) is 10.9. The first-order valence-electron chi connectivity index (χ1n) is 10.9. The first-order chi connectivity index (χ1) is 15.1. The predicted molar refractivity (Wildman–Crippen MR) is 124 cm³/mol. The molecule has 3 rings (SSSR count). The third kappa shape index (κ3) is 6.15. The highest BCUT2D eigenvalue weighted by molar-refractivity contribution is 5.77. The van der Waals surface area contributed by atoms with E-state index in [9.17, 15) is 9.59 Å². The summed E-state index contributed by atoms with van der Waals surface area (Å²) < 4.78 is 0. The molecular formula is C24H31N5O2. The molecule has 164 valence electrons. The molecule has 31 heavy (non-hydrogen) atoms. The van der Waals surface area contributed by atoms with Gasteiger partial charge in [0.2, 0.25) is 0 Å².